The second-order valence-electron chi connectivity index (χ2n) is 7.86. The first kappa shape index (κ1) is 23.5. The van der Waals surface area contributed by atoms with Crippen LogP contribution in [0.1, 0.15) is 42.4 Å². The van der Waals surface area contributed by atoms with Crippen molar-refractivity contribution in [3.05, 3.63) is 75.0 Å². The number of carbonyl (C=O) groups excluding carboxylic acids is 1. The van der Waals surface area contributed by atoms with Gasteiger partial charge < -0.3 is 15.2 Å². The van der Waals surface area contributed by atoms with E-state index in [9.17, 15) is 9.90 Å². The molecule has 33 heavy (non-hydrogen) atoms. The maximum Gasteiger partial charge on any atom is 0.332 e. The third-order valence-corrected chi connectivity index (χ3v) is 6.33. The predicted octanol–water partition coefficient (Wildman–Crippen LogP) is 5.19. The van der Waals surface area contributed by atoms with E-state index in [-0.39, 0.29) is 6.04 Å². The van der Waals surface area contributed by atoms with Crippen LogP contribution >= 0.6 is 23.2 Å². The zero-order valence-electron chi connectivity index (χ0n) is 18.4. The van der Waals surface area contributed by atoms with E-state index < -0.39 is 18.7 Å². The van der Waals surface area contributed by atoms with Crippen LogP contribution in [0.3, 0.4) is 0 Å². The molecule has 0 aliphatic heterocycles. The number of nitrogens with one attached hydrogen (secondary N) is 1. The molecule has 4 rings (SSSR count). The highest BCUT2D eigenvalue weighted by molar-refractivity contribution is 6.36. The Balaban J connectivity index is 1.74. The molecule has 172 valence electrons. The maximum atomic E-state index is 11.8. The molecule has 2 aromatic carbocycles. The summed E-state index contributed by atoms with van der Waals surface area (Å²) in [6.07, 6.45) is 1.41. The average Bonchev–Trinajstić information content (AvgIpc) is 3.15. The minimum atomic E-state index is -0.657. The summed E-state index contributed by atoms with van der Waals surface area (Å²) in [6, 6.07) is 13.0. The van der Waals surface area contributed by atoms with E-state index in [1.54, 1.807) is 12.1 Å². The third-order valence-electron chi connectivity index (χ3n) is 5.78. The zero-order valence-corrected chi connectivity index (χ0v) is 20.0. The van der Waals surface area contributed by atoms with Crippen molar-refractivity contribution >= 4 is 35.0 Å². The summed E-state index contributed by atoms with van der Waals surface area (Å²) >= 11 is 12.5. The first-order valence-electron chi connectivity index (χ1n) is 10.9. The van der Waals surface area contributed by atoms with Crippen molar-refractivity contribution in [3.8, 4) is 11.3 Å². The number of aromatic nitrogens is 2. The Labute approximate surface area is 202 Å². The van der Waals surface area contributed by atoms with Crippen LogP contribution in [0, 0.1) is 0 Å². The lowest BCUT2D eigenvalue weighted by Gasteiger charge is -2.24. The summed E-state index contributed by atoms with van der Waals surface area (Å²) in [5, 5.41) is 13.8. The topological polar surface area (TPSA) is 84.3 Å². The fraction of sp³-hybridized carbons (Fsp3) is 0.320. The van der Waals surface area contributed by atoms with Gasteiger partial charge in [-0.05, 0) is 42.2 Å². The molecule has 2 atom stereocenters. The monoisotopic (exact) mass is 485 g/mol. The molecule has 1 aromatic heterocycles. The first-order chi connectivity index (χ1) is 15.9. The summed E-state index contributed by atoms with van der Waals surface area (Å²) < 4.78 is 5.55. The highest BCUT2D eigenvalue weighted by Gasteiger charge is 2.36. The fourth-order valence-electron chi connectivity index (χ4n) is 4.20. The zero-order chi connectivity index (χ0) is 23.5. The van der Waals surface area contributed by atoms with Gasteiger partial charge in [0.2, 0.25) is 0 Å². The smallest absolute Gasteiger partial charge is 0.332 e. The van der Waals surface area contributed by atoms with Gasteiger partial charge in [0.25, 0.3) is 0 Å². The van der Waals surface area contributed by atoms with Crippen molar-refractivity contribution in [2.24, 2.45) is 0 Å². The highest BCUT2D eigenvalue weighted by atomic mass is 35.5. The minimum absolute atomic E-state index is 0.300. The van der Waals surface area contributed by atoms with Crippen LogP contribution in [0.5, 0.6) is 0 Å². The Hall–Kier alpha value is -2.67. The van der Waals surface area contributed by atoms with E-state index in [1.807, 2.05) is 44.2 Å². The quantitative estimate of drug-likeness (QED) is 0.448. The summed E-state index contributed by atoms with van der Waals surface area (Å²) in [4.78, 5) is 21.7. The molecule has 0 spiro atoms. The molecule has 1 aliphatic carbocycles. The van der Waals surface area contributed by atoms with Gasteiger partial charge in [-0.3, -0.25) is 0 Å². The minimum Gasteiger partial charge on any atom is -0.458 e. The van der Waals surface area contributed by atoms with Crippen LogP contribution in [-0.2, 0) is 28.8 Å². The summed E-state index contributed by atoms with van der Waals surface area (Å²) in [6.45, 7) is 3.37. The van der Waals surface area contributed by atoms with Crippen LogP contribution in [0.4, 0.5) is 5.82 Å². The van der Waals surface area contributed by atoms with E-state index in [2.05, 4.69) is 5.32 Å². The van der Waals surface area contributed by atoms with Crippen LogP contribution in [-0.4, -0.2) is 33.8 Å². The Morgan fingerprint density at radius 3 is 2.58 bits per heavy atom. The normalized spacial score (nSPS) is 17.0. The lowest BCUT2D eigenvalue weighted by atomic mass is 10.1. The van der Waals surface area contributed by atoms with Crippen LogP contribution in [0.15, 0.2) is 42.5 Å². The molecule has 0 radical (unpaired) electrons. The third kappa shape index (κ3) is 4.83. The predicted molar refractivity (Wildman–Crippen MR) is 130 cm³/mol. The Morgan fingerprint density at radius 2 is 1.88 bits per heavy atom. The highest BCUT2D eigenvalue weighted by Crippen LogP contribution is 2.38. The van der Waals surface area contributed by atoms with Crippen molar-refractivity contribution in [3.63, 3.8) is 0 Å². The number of ether oxygens (including phenoxy) is 1. The van der Waals surface area contributed by atoms with Crippen LogP contribution in [0.25, 0.3) is 11.3 Å². The molecule has 0 saturated carbocycles. The van der Waals surface area contributed by atoms with Crippen molar-refractivity contribution in [2.75, 3.05) is 11.9 Å². The standard InChI is InChI=1S/C25H25Cl2N3O3/c1-3-19-23(17-10-9-15(26)12-18(17)27)28-20(4-2)25(29-19)30-24-16-8-6-5-7-14(16)11-21(24)33-22(32)13-31/h5-10,12,21,24,31H,3-4,11,13H2,1-2H3,(H,29,30). The average molecular weight is 486 g/mol. The van der Waals surface area contributed by atoms with Gasteiger partial charge in [0, 0.05) is 17.0 Å². The van der Waals surface area contributed by atoms with Gasteiger partial charge in [-0.1, -0.05) is 61.3 Å². The van der Waals surface area contributed by atoms with Gasteiger partial charge in [-0.15, -0.1) is 0 Å². The van der Waals surface area contributed by atoms with E-state index >= 15 is 0 Å². The Morgan fingerprint density at radius 1 is 1.12 bits per heavy atom. The van der Waals surface area contributed by atoms with Gasteiger partial charge in [0.05, 0.1) is 28.1 Å². The second kappa shape index (κ2) is 10.1. The van der Waals surface area contributed by atoms with Crippen LogP contribution < -0.4 is 5.32 Å². The SMILES string of the molecule is CCc1nc(-c2ccc(Cl)cc2Cl)c(CC)nc1NC1c2ccccc2CC1OC(=O)CO. The van der Waals surface area contributed by atoms with E-state index in [1.165, 1.54) is 0 Å². The summed E-state index contributed by atoms with van der Waals surface area (Å²) in [7, 11) is 0. The molecule has 2 unspecified atom stereocenters. The Kier molecular flexibility index (Phi) is 7.17. The van der Waals surface area contributed by atoms with Crippen molar-refractivity contribution in [2.45, 2.75) is 45.3 Å². The first-order valence-corrected chi connectivity index (χ1v) is 11.7. The van der Waals surface area contributed by atoms with Gasteiger partial charge >= 0.3 is 5.97 Å². The number of halogens is 2. The number of carbonyl (C=O) groups is 1. The fourth-order valence-corrected chi connectivity index (χ4v) is 4.70. The van der Waals surface area contributed by atoms with Gasteiger partial charge in [-0.2, -0.15) is 0 Å². The lowest BCUT2D eigenvalue weighted by molar-refractivity contribution is -0.152. The molecule has 8 heteroatoms. The number of aliphatic hydroxyl groups is 1. The summed E-state index contributed by atoms with van der Waals surface area (Å²) in [5.41, 5.74) is 5.24. The second-order valence-corrected chi connectivity index (χ2v) is 8.70. The lowest BCUT2D eigenvalue weighted by Crippen LogP contribution is -2.29. The number of esters is 1. The van der Waals surface area contributed by atoms with E-state index in [0.717, 1.165) is 33.8 Å². The summed E-state index contributed by atoms with van der Waals surface area (Å²) in [5.74, 6) is -0.00156. The van der Waals surface area contributed by atoms with Crippen molar-refractivity contribution in [1.29, 1.82) is 0 Å². The number of aliphatic hydroxyl groups excluding tert-OH is 1. The molecular weight excluding hydrogens is 461 g/mol. The number of benzene rings is 2. The number of hydrogen-bond acceptors (Lipinski definition) is 6. The number of hydrogen-bond donors (Lipinski definition) is 2. The molecule has 0 amide bonds. The Bertz CT molecular complexity index is 1190. The van der Waals surface area contributed by atoms with E-state index in [4.69, 9.17) is 37.9 Å². The van der Waals surface area contributed by atoms with Crippen molar-refractivity contribution in [1.82, 2.24) is 9.97 Å². The molecule has 6 nitrogen and oxygen atoms in total. The van der Waals surface area contributed by atoms with Crippen molar-refractivity contribution < 1.29 is 14.6 Å². The largest absolute Gasteiger partial charge is 0.458 e. The molecular formula is C25H25Cl2N3O3. The molecule has 3 aromatic rings. The van der Waals surface area contributed by atoms with Gasteiger partial charge in [0.1, 0.15) is 18.5 Å². The van der Waals surface area contributed by atoms with Crippen LogP contribution in [0.2, 0.25) is 10.0 Å². The molecule has 0 saturated heterocycles. The number of aryl methyl sites for hydroxylation is 2. The number of nitrogens with zero attached hydrogens (tertiary/aromatic N) is 2. The molecule has 2 N–H and O–H groups in total. The maximum absolute atomic E-state index is 11.8. The number of anilines is 1. The molecule has 1 aliphatic rings. The molecule has 0 fully saturated rings. The van der Waals surface area contributed by atoms with Gasteiger partial charge in [0.15, 0.2) is 0 Å². The van der Waals surface area contributed by atoms with E-state index in [0.29, 0.717) is 35.1 Å². The molecule has 0 bridgehead atoms. The number of fused-ring (bicyclic) bond motifs is 1. The van der Waals surface area contributed by atoms with Gasteiger partial charge in [-0.25, -0.2) is 14.8 Å². The molecule has 1 heterocycles. The number of rotatable bonds is 7.